The molecule has 0 saturated heterocycles. The highest BCUT2D eigenvalue weighted by Gasteiger charge is 2.00. The lowest BCUT2D eigenvalue weighted by Crippen LogP contribution is -1.99. The summed E-state index contributed by atoms with van der Waals surface area (Å²) in [6.45, 7) is 0. The fourth-order valence-corrected chi connectivity index (χ4v) is 0.955. The number of pyridine rings is 1. The van der Waals surface area contributed by atoms with Gasteiger partial charge in [-0.1, -0.05) is 0 Å². The maximum Gasteiger partial charge on any atom is 0.325 e. The Hall–Kier alpha value is -1.78. The second-order valence-electron chi connectivity index (χ2n) is 2.20. The summed E-state index contributed by atoms with van der Waals surface area (Å²) in [6, 6.07) is 1.63. The van der Waals surface area contributed by atoms with E-state index in [4.69, 9.17) is 5.73 Å². The second-order valence-corrected chi connectivity index (χ2v) is 2.20. The fraction of sp³-hybridized carbons (Fsp3) is 0. The van der Waals surface area contributed by atoms with Crippen LogP contribution in [0.25, 0.3) is 11.2 Å². The zero-order valence-corrected chi connectivity index (χ0v) is 5.59. The minimum atomic E-state index is -0.287. The summed E-state index contributed by atoms with van der Waals surface area (Å²) in [5, 5.41) is 0. The van der Waals surface area contributed by atoms with E-state index in [0.29, 0.717) is 16.9 Å². The molecule has 0 fully saturated rings. The summed E-state index contributed by atoms with van der Waals surface area (Å²) in [4.78, 5) is 19.7. The predicted molar refractivity (Wildman–Crippen MR) is 41.1 cm³/mol. The number of nitrogens with zero attached hydrogens (tertiary/aromatic N) is 1. The van der Waals surface area contributed by atoms with E-state index in [9.17, 15) is 4.79 Å². The maximum absolute atomic E-state index is 10.7. The average molecular weight is 150 g/mol. The minimum Gasteiger partial charge on any atom is -0.397 e. The van der Waals surface area contributed by atoms with E-state index in [1.165, 1.54) is 0 Å². The summed E-state index contributed by atoms with van der Waals surface area (Å²) in [5.41, 5.74) is 6.84. The van der Waals surface area contributed by atoms with Crippen LogP contribution in [0.1, 0.15) is 0 Å². The van der Waals surface area contributed by atoms with Crippen molar-refractivity contribution in [2.75, 3.05) is 5.73 Å². The molecule has 56 valence electrons. The summed E-state index contributed by atoms with van der Waals surface area (Å²) < 4.78 is 0. The van der Waals surface area contributed by atoms with Crippen molar-refractivity contribution < 1.29 is 0 Å². The topological polar surface area (TPSA) is 87.6 Å². The van der Waals surface area contributed by atoms with Crippen molar-refractivity contribution in [3.8, 4) is 0 Å². The van der Waals surface area contributed by atoms with Crippen LogP contribution in [0.4, 0.5) is 5.69 Å². The molecule has 0 spiro atoms. The molecule has 5 heteroatoms. The molecule has 2 rings (SSSR count). The van der Waals surface area contributed by atoms with Crippen molar-refractivity contribution in [2.24, 2.45) is 0 Å². The largest absolute Gasteiger partial charge is 0.397 e. The van der Waals surface area contributed by atoms with Gasteiger partial charge in [-0.2, -0.15) is 0 Å². The number of hydrogen-bond donors (Lipinski definition) is 3. The molecule has 0 aliphatic rings. The molecule has 4 N–H and O–H groups in total. The Bertz CT molecular complexity index is 441. The van der Waals surface area contributed by atoms with E-state index in [-0.39, 0.29) is 5.69 Å². The van der Waals surface area contributed by atoms with Gasteiger partial charge in [0.05, 0.1) is 5.69 Å². The Morgan fingerprint density at radius 3 is 3.00 bits per heavy atom. The number of nitrogens with two attached hydrogens (primary N) is 1. The Labute approximate surface area is 61.3 Å². The summed E-state index contributed by atoms with van der Waals surface area (Å²) in [7, 11) is 0. The van der Waals surface area contributed by atoms with Gasteiger partial charge in [-0.15, -0.1) is 0 Å². The molecule has 0 unspecified atom stereocenters. The maximum atomic E-state index is 10.7. The fourth-order valence-electron chi connectivity index (χ4n) is 0.955. The van der Waals surface area contributed by atoms with Crippen LogP contribution in [0.2, 0.25) is 0 Å². The van der Waals surface area contributed by atoms with Crippen LogP contribution in [-0.4, -0.2) is 15.0 Å². The first-order valence-electron chi connectivity index (χ1n) is 3.10. The number of aromatic nitrogens is 3. The Morgan fingerprint density at radius 1 is 1.45 bits per heavy atom. The second kappa shape index (κ2) is 1.85. The van der Waals surface area contributed by atoms with Gasteiger partial charge >= 0.3 is 5.69 Å². The number of anilines is 1. The van der Waals surface area contributed by atoms with E-state index in [2.05, 4.69) is 15.0 Å². The van der Waals surface area contributed by atoms with Gasteiger partial charge in [-0.25, -0.2) is 9.78 Å². The van der Waals surface area contributed by atoms with Crippen LogP contribution in [0.15, 0.2) is 17.1 Å². The molecule has 0 atom stereocenters. The number of nitrogens with one attached hydrogen (secondary N) is 2. The highest BCUT2D eigenvalue weighted by atomic mass is 16.1. The number of aromatic amines is 2. The predicted octanol–water partition coefficient (Wildman–Crippen LogP) is -0.167. The Balaban J connectivity index is 3.01. The molecule has 0 aliphatic carbocycles. The van der Waals surface area contributed by atoms with Crippen molar-refractivity contribution in [3.63, 3.8) is 0 Å². The molecule has 0 bridgehead atoms. The van der Waals surface area contributed by atoms with Crippen LogP contribution in [0.5, 0.6) is 0 Å². The quantitative estimate of drug-likeness (QED) is 0.487. The third-order valence-corrected chi connectivity index (χ3v) is 1.45. The molecule has 0 radical (unpaired) electrons. The van der Waals surface area contributed by atoms with Gasteiger partial charge < -0.3 is 10.7 Å². The van der Waals surface area contributed by atoms with Gasteiger partial charge in [-0.05, 0) is 6.07 Å². The van der Waals surface area contributed by atoms with Crippen LogP contribution in [0.3, 0.4) is 0 Å². The summed E-state index contributed by atoms with van der Waals surface area (Å²) >= 11 is 0. The summed E-state index contributed by atoms with van der Waals surface area (Å²) in [5.74, 6) is 0. The first kappa shape index (κ1) is 5.96. The third-order valence-electron chi connectivity index (χ3n) is 1.45. The first-order valence-corrected chi connectivity index (χ1v) is 3.10. The highest BCUT2D eigenvalue weighted by molar-refractivity contribution is 5.82. The number of hydrogen-bond acceptors (Lipinski definition) is 3. The molecular weight excluding hydrogens is 144 g/mol. The van der Waals surface area contributed by atoms with E-state index < -0.39 is 0 Å². The number of fused-ring (bicyclic) bond motifs is 1. The molecule has 0 amide bonds. The lowest BCUT2D eigenvalue weighted by Gasteiger charge is -1.90. The number of rotatable bonds is 0. The molecule has 0 aromatic carbocycles. The molecule has 5 nitrogen and oxygen atoms in total. The van der Waals surface area contributed by atoms with Crippen LogP contribution < -0.4 is 11.4 Å². The molecule has 0 saturated carbocycles. The van der Waals surface area contributed by atoms with Gasteiger partial charge in [0.25, 0.3) is 0 Å². The van der Waals surface area contributed by atoms with Crippen molar-refractivity contribution in [3.05, 3.63) is 22.7 Å². The first-order chi connectivity index (χ1) is 5.27. The highest BCUT2D eigenvalue weighted by Crippen LogP contribution is 2.10. The van der Waals surface area contributed by atoms with E-state index >= 15 is 0 Å². The van der Waals surface area contributed by atoms with Gasteiger partial charge in [-0.3, -0.25) is 4.98 Å². The SMILES string of the molecule is Nc1ccnc2[nH]c(=O)[nH]c12. The van der Waals surface area contributed by atoms with Gasteiger partial charge in [0.15, 0.2) is 5.65 Å². The van der Waals surface area contributed by atoms with Crippen molar-refractivity contribution in [1.82, 2.24) is 15.0 Å². The molecule has 2 aromatic rings. The normalized spacial score (nSPS) is 10.5. The Kier molecular flexibility index (Phi) is 1.00. The zero-order chi connectivity index (χ0) is 7.84. The van der Waals surface area contributed by atoms with Crippen molar-refractivity contribution >= 4 is 16.9 Å². The number of nitrogen functional groups attached to an aromatic ring is 1. The Morgan fingerprint density at radius 2 is 2.27 bits per heavy atom. The molecule has 0 aliphatic heterocycles. The number of imidazole rings is 1. The average Bonchev–Trinajstić information content (AvgIpc) is 2.31. The molecular formula is C6H6N4O. The van der Waals surface area contributed by atoms with E-state index in [1.807, 2.05) is 0 Å². The standard InChI is InChI=1S/C6H6N4O/c7-3-1-2-8-5-4(3)9-6(11)10-5/h1-2H,(H4,7,8,9,10,11). The van der Waals surface area contributed by atoms with E-state index in [1.54, 1.807) is 12.3 Å². The van der Waals surface area contributed by atoms with Crippen LogP contribution in [0, 0.1) is 0 Å². The zero-order valence-electron chi connectivity index (χ0n) is 5.59. The molecule has 2 aromatic heterocycles. The molecule has 2 heterocycles. The van der Waals surface area contributed by atoms with Crippen LogP contribution in [-0.2, 0) is 0 Å². The minimum absolute atomic E-state index is 0.287. The lowest BCUT2D eigenvalue weighted by atomic mass is 10.4. The van der Waals surface area contributed by atoms with Crippen molar-refractivity contribution in [2.45, 2.75) is 0 Å². The number of H-pyrrole nitrogens is 2. The monoisotopic (exact) mass is 150 g/mol. The molecule has 11 heavy (non-hydrogen) atoms. The third kappa shape index (κ3) is 0.778. The van der Waals surface area contributed by atoms with Crippen LogP contribution >= 0.6 is 0 Å². The van der Waals surface area contributed by atoms with E-state index in [0.717, 1.165) is 0 Å². The smallest absolute Gasteiger partial charge is 0.325 e. The summed E-state index contributed by atoms with van der Waals surface area (Å²) in [6.07, 6.45) is 1.54. The van der Waals surface area contributed by atoms with Gasteiger partial charge in [0, 0.05) is 6.20 Å². The van der Waals surface area contributed by atoms with Gasteiger partial charge in [0.2, 0.25) is 0 Å². The van der Waals surface area contributed by atoms with Gasteiger partial charge in [0.1, 0.15) is 5.52 Å². The van der Waals surface area contributed by atoms with Crippen molar-refractivity contribution in [1.29, 1.82) is 0 Å². The lowest BCUT2D eigenvalue weighted by molar-refractivity contribution is 1.20.